The molecule has 0 unspecified atom stereocenters. The Labute approximate surface area is 112 Å². The summed E-state index contributed by atoms with van der Waals surface area (Å²) >= 11 is 5.31. The number of nitro benzene ring substituents is 1. The van der Waals surface area contributed by atoms with Gasteiger partial charge in [0.25, 0.3) is 5.69 Å². The van der Waals surface area contributed by atoms with Crippen molar-refractivity contribution in [2.75, 3.05) is 0 Å². The van der Waals surface area contributed by atoms with E-state index in [-0.39, 0.29) is 5.69 Å². The lowest BCUT2D eigenvalue weighted by atomic mass is 9.95. The topological polar surface area (TPSA) is 55.2 Å². The van der Waals surface area contributed by atoms with Gasteiger partial charge in [-0.1, -0.05) is 43.6 Å². The van der Waals surface area contributed by atoms with E-state index in [0.717, 1.165) is 18.4 Å². The minimum absolute atomic E-state index is 0.0836. The first-order valence-corrected chi connectivity index (χ1v) is 6.63. The molecule has 5 heteroatoms. The van der Waals surface area contributed by atoms with Crippen molar-refractivity contribution < 1.29 is 4.92 Å². The van der Waals surface area contributed by atoms with Crippen LogP contribution in [0.4, 0.5) is 5.69 Å². The molecule has 0 spiro atoms. The predicted molar refractivity (Wildman–Crippen MR) is 74.8 cm³/mol. The van der Waals surface area contributed by atoms with E-state index in [2.05, 4.69) is 5.32 Å². The van der Waals surface area contributed by atoms with Crippen LogP contribution in [0.15, 0.2) is 24.3 Å². The fourth-order valence-electron chi connectivity index (χ4n) is 2.28. The molecule has 1 aromatic rings. The molecule has 4 nitrogen and oxygen atoms in total. The number of nitrogens with zero attached hydrogens (tertiary/aromatic N) is 1. The van der Waals surface area contributed by atoms with Crippen LogP contribution in [0.2, 0.25) is 0 Å². The molecule has 1 saturated carbocycles. The van der Waals surface area contributed by atoms with Gasteiger partial charge < -0.3 is 5.32 Å². The van der Waals surface area contributed by atoms with Crippen LogP contribution in [0.25, 0.3) is 0 Å². The quantitative estimate of drug-likeness (QED) is 0.517. The van der Waals surface area contributed by atoms with Gasteiger partial charge in [0.05, 0.1) is 4.92 Å². The largest absolute Gasteiger partial charge is 0.373 e. The van der Waals surface area contributed by atoms with Gasteiger partial charge in [0.15, 0.2) is 0 Å². The molecule has 1 aliphatic carbocycles. The first-order chi connectivity index (χ1) is 8.66. The zero-order valence-corrected chi connectivity index (χ0v) is 10.9. The highest BCUT2D eigenvalue weighted by Gasteiger charge is 2.15. The van der Waals surface area contributed by atoms with Crippen molar-refractivity contribution in [3.8, 4) is 0 Å². The maximum Gasteiger partial charge on any atom is 0.270 e. The summed E-state index contributed by atoms with van der Waals surface area (Å²) in [5, 5.41) is 14.0. The molecule has 0 aliphatic heterocycles. The molecule has 1 N–H and O–H groups in total. The number of hydrogen-bond acceptors (Lipinski definition) is 3. The highest BCUT2D eigenvalue weighted by molar-refractivity contribution is 7.80. The predicted octanol–water partition coefficient (Wildman–Crippen LogP) is 3.19. The molecule has 0 amide bonds. The Kier molecular flexibility index (Phi) is 4.25. The van der Waals surface area contributed by atoms with E-state index in [1.807, 2.05) is 6.07 Å². The third kappa shape index (κ3) is 3.26. The number of thiocarbonyl (C=S) groups is 1. The highest BCUT2D eigenvalue weighted by atomic mass is 32.1. The lowest BCUT2D eigenvalue weighted by Gasteiger charge is -2.24. The molecule has 96 valence electrons. The number of nitro groups is 1. The molecule has 0 atom stereocenters. The Balaban J connectivity index is 2.03. The summed E-state index contributed by atoms with van der Waals surface area (Å²) in [6.07, 6.45) is 6.02. The van der Waals surface area contributed by atoms with Crippen LogP contribution in [0.5, 0.6) is 0 Å². The van der Waals surface area contributed by atoms with E-state index in [9.17, 15) is 10.1 Å². The summed E-state index contributed by atoms with van der Waals surface area (Å²) in [4.78, 5) is 10.9. The number of benzene rings is 1. The summed E-state index contributed by atoms with van der Waals surface area (Å²) in [6.45, 7) is 0. The molecule has 0 saturated heterocycles. The summed E-state index contributed by atoms with van der Waals surface area (Å²) in [5.74, 6) is 0. The fraction of sp³-hybridized carbons (Fsp3) is 0.462. The maximum atomic E-state index is 10.7. The van der Waals surface area contributed by atoms with E-state index in [1.54, 1.807) is 6.07 Å². The zero-order chi connectivity index (χ0) is 13.0. The number of nitrogens with one attached hydrogen (secondary N) is 1. The normalized spacial score (nSPS) is 16.2. The summed E-state index contributed by atoms with van der Waals surface area (Å²) in [7, 11) is 0. The van der Waals surface area contributed by atoms with Crippen LogP contribution in [-0.4, -0.2) is 16.0 Å². The van der Waals surface area contributed by atoms with E-state index in [4.69, 9.17) is 12.2 Å². The monoisotopic (exact) mass is 264 g/mol. The van der Waals surface area contributed by atoms with Gasteiger partial charge in [-0.2, -0.15) is 0 Å². The molecule has 0 bridgehead atoms. The Hall–Kier alpha value is -1.49. The van der Waals surface area contributed by atoms with Gasteiger partial charge >= 0.3 is 0 Å². The Morgan fingerprint density at radius 2 is 2.06 bits per heavy atom. The van der Waals surface area contributed by atoms with E-state index in [1.165, 1.54) is 31.4 Å². The van der Waals surface area contributed by atoms with Crippen molar-refractivity contribution in [1.82, 2.24) is 5.32 Å². The standard InChI is InChI=1S/C13H16N2O2S/c16-15(17)12-8-4-5-10(9-12)13(18)14-11-6-2-1-3-7-11/h4-5,8-9,11H,1-3,6-7H2,(H,14,18). The number of hydrogen-bond donors (Lipinski definition) is 1. The van der Waals surface area contributed by atoms with Crippen molar-refractivity contribution in [2.45, 2.75) is 38.1 Å². The molecule has 1 aliphatic rings. The SMILES string of the molecule is O=[N+]([O-])c1cccc(C(=S)NC2CCCCC2)c1. The van der Waals surface area contributed by atoms with Crippen LogP contribution in [0, 0.1) is 10.1 Å². The van der Waals surface area contributed by atoms with Gasteiger partial charge in [-0.3, -0.25) is 10.1 Å². The summed E-state index contributed by atoms with van der Waals surface area (Å²) in [6, 6.07) is 6.91. The third-order valence-corrected chi connectivity index (χ3v) is 3.61. The van der Waals surface area contributed by atoms with Crippen molar-refractivity contribution in [3.05, 3.63) is 39.9 Å². The minimum atomic E-state index is -0.396. The molecule has 0 heterocycles. The molecule has 2 rings (SSSR count). The number of rotatable bonds is 3. The molecule has 18 heavy (non-hydrogen) atoms. The second-order valence-electron chi connectivity index (χ2n) is 4.62. The van der Waals surface area contributed by atoms with E-state index >= 15 is 0 Å². The van der Waals surface area contributed by atoms with Gasteiger partial charge in [-0.15, -0.1) is 0 Å². The van der Waals surface area contributed by atoms with Crippen molar-refractivity contribution >= 4 is 22.9 Å². The highest BCUT2D eigenvalue weighted by Crippen LogP contribution is 2.19. The van der Waals surface area contributed by atoms with Crippen LogP contribution in [-0.2, 0) is 0 Å². The van der Waals surface area contributed by atoms with Gasteiger partial charge in [-0.05, 0) is 12.8 Å². The van der Waals surface area contributed by atoms with E-state index < -0.39 is 4.92 Å². The summed E-state index contributed by atoms with van der Waals surface area (Å²) in [5.41, 5.74) is 0.810. The minimum Gasteiger partial charge on any atom is -0.373 e. The second-order valence-corrected chi connectivity index (χ2v) is 5.02. The van der Waals surface area contributed by atoms with Gasteiger partial charge in [-0.25, -0.2) is 0 Å². The van der Waals surface area contributed by atoms with E-state index in [0.29, 0.717) is 11.0 Å². The van der Waals surface area contributed by atoms with Crippen molar-refractivity contribution in [2.24, 2.45) is 0 Å². The van der Waals surface area contributed by atoms with Crippen molar-refractivity contribution in [3.63, 3.8) is 0 Å². The van der Waals surface area contributed by atoms with Crippen molar-refractivity contribution in [1.29, 1.82) is 0 Å². The lowest BCUT2D eigenvalue weighted by Crippen LogP contribution is -2.35. The number of non-ortho nitro benzene ring substituents is 1. The van der Waals surface area contributed by atoms with Gasteiger partial charge in [0, 0.05) is 23.7 Å². The Morgan fingerprint density at radius 3 is 2.72 bits per heavy atom. The third-order valence-electron chi connectivity index (χ3n) is 3.26. The Bertz CT molecular complexity index is 456. The molecule has 0 aromatic heterocycles. The molecule has 1 fully saturated rings. The van der Waals surface area contributed by atoms with Crippen LogP contribution in [0.3, 0.4) is 0 Å². The maximum absolute atomic E-state index is 10.7. The van der Waals surface area contributed by atoms with Crippen LogP contribution in [0.1, 0.15) is 37.7 Å². The Morgan fingerprint density at radius 1 is 1.33 bits per heavy atom. The fourth-order valence-corrected chi connectivity index (χ4v) is 2.57. The molecular formula is C13H16N2O2S. The molecule has 1 aromatic carbocycles. The summed E-state index contributed by atoms with van der Waals surface area (Å²) < 4.78 is 0. The van der Waals surface area contributed by atoms with Crippen LogP contribution >= 0.6 is 12.2 Å². The van der Waals surface area contributed by atoms with Crippen LogP contribution < -0.4 is 5.32 Å². The first-order valence-electron chi connectivity index (χ1n) is 6.22. The average Bonchev–Trinajstić information content (AvgIpc) is 2.40. The molecule has 0 radical (unpaired) electrons. The zero-order valence-electron chi connectivity index (χ0n) is 10.1. The van der Waals surface area contributed by atoms with Gasteiger partial charge in [0.2, 0.25) is 0 Å². The average molecular weight is 264 g/mol. The second kappa shape index (κ2) is 5.91. The smallest absolute Gasteiger partial charge is 0.270 e. The molecular weight excluding hydrogens is 248 g/mol. The lowest BCUT2D eigenvalue weighted by molar-refractivity contribution is -0.384. The first kappa shape index (κ1) is 13.0. The van der Waals surface area contributed by atoms with Gasteiger partial charge in [0.1, 0.15) is 4.99 Å².